The molecule has 0 spiro atoms. The zero-order valence-corrected chi connectivity index (χ0v) is 10.6. The number of rotatable bonds is 7. The van der Waals surface area contributed by atoms with Gasteiger partial charge < -0.3 is 5.11 Å². The number of hydrogen-bond donors (Lipinski definition) is 1. The van der Waals surface area contributed by atoms with Gasteiger partial charge in [0, 0.05) is 23.3 Å². The SMILES string of the molecule is CCC(=O)c1ccc(SCCCC(=O)O)cc1. The number of carbonyl (C=O) groups is 2. The number of carbonyl (C=O) groups excluding carboxylic acids is 1. The zero-order chi connectivity index (χ0) is 12.7. The van der Waals surface area contributed by atoms with Gasteiger partial charge in [-0.2, -0.15) is 0 Å². The van der Waals surface area contributed by atoms with Crippen LogP contribution in [-0.2, 0) is 4.79 Å². The molecule has 17 heavy (non-hydrogen) atoms. The van der Waals surface area contributed by atoms with Crippen molar-refractivity contribution in [1.29, 1.82) is 0 Å². The third-order valence-electron chi connectivity index (χ3n) is 2.30. The van der Waals surface area contributed by atoms with Crippen LogP contribution in [0.2, 0.25) is 0 Å². The van der Waals surface area contributed by atoms with Crippen molar-refractivity contribution < 1.29 is 14.7 Å². The molecule has 1 N–H and O–H groups in total. The quantitative estimate of drug-likeness (QED) is 0.460. The van der Waals surface area contributed by atoms with Crippen LogP contribution in [0.3, 0.4) is 0 Å². The number of aliphatic carboxylic acids is 1. The molecule has 4 heteroatoms. The van der Waals surface area contributed by atoms with E-state index in [9.17, 15) is 9.59 Å². The van der Waals surface area contributed by atoms with Crippen molar-refractivity contribution in [3.8, 4) is 0 Å². The minimum absolute atomic E-state index is 0.146. The van der Waals surface area contributed by atoms with Crippen molar-refractivity contribution in [1.82, 2.24) is 0 Å². The van der Waals surface area contributed by atoms with E-state index >= 15 is 0 Å². The molecular formula is C13H16O3S. The van der Waals surface area contributed by atoms with Gasteiger partial charge in [0.05, 0.1) is 0 Å². The maximum atomic E-state index is 11.4. The van der Waals surface area contributed by atoms with Crippen LogP contribution in [0, 0.1) is 0 Å². The predicted molar refractivity (Wildman–Crippen MR) is 68.7 cm³/mol. The smallest absolute Gasteiger partial charge is 0.303 e. The lowest BCUT2D eigenvalue weighted by atomic mass is 10.1. The van der Waals surface area contributed by atoms with Gasteiger partial charge in [0.2, 0.25) is 0 Å². The van der Waals surface area contributed by atoms with Gasteiger partial charge >= 0.3 is 5.97 Å². The van der Waals surface area contributed by atoms with Crippen LogP contribution in [0.4, 0.5) is 0 Å². The van der Waals surface area contributed by atoms with E-state index in [1.165, 1.54) is 0 Å². The van der Waals surface area contributed by atoms with E-state index < -0.39 is 5.97 Å². The first-order valence-corrected chi connectivity index (χ1v) is 6.60. The molecule has 0 amide bonds. The van der Waals surface area contributed by atoms with Crippen LogP contribution in [0.25, 0.3) is 0 Å². The van der Waals surface area contributed by atoms with Crippen LogP contribution in [0.5, 0.6) is 0 Å². The summed E-state index contributed by atoms with van der Waals surface area (Å²) in [6, 6.07) is 7.47. The largest absolute Gasteiger partial charge is 0.481 e. The number of benzene rings is 1. The molecule has 1 rings (SSSR count). The Balaban J connectivity index is 2.40. The summed E-state index contributed by atoms with van der Waals surface area (Å²) in [6.45, 7) is 1.84. The van der Waals surface area contributed by atoms with E-state index in [2.05, 4.69) is 0 Å². The van der Waals surface area contributed by atoms with E-state index in [-0.39, 0.29) is 12.2 Å². The lowest BCUT2D eigenvalue weighted by Gasteiger charge is -2.02. The molecule has 1 aromatic rings. The predicted octanol–water partition coefficient (Wildman–Crippen LogP) is 3.24. The maximum Gasteiger partial charge on any atom is 0.303 e. The molecule has 3 nitrogen and oxygen atoms in total. The number of carboxylic acids is 1. The molecule has 1 aromatic carbocycles. The fourth-order valence-electron chi connectivity index (χ4n) is 1.35. The Morgan fingerprint density at radius 1 is 1.24 bits per heavy atom. The van der Waals surface area contributed by atoms with Crippen LogP contribution in [0.15, 0.2) is 29.2 Å². The summed E-state index contributed by atoms with van der Waals surface area (Å²) in [5.41, 5.74) is 0.738. The monoisotopic (exact) mass is 252 g/mol. The molecule has 0 heterocycles. The van der Waals surface area contributed by atoms with Gasteiger partial charge in [-0.1, -0.05) is 19.1 Å². The molecule has 0 saturated carbocycles. The topological polar surface area (TPSA) is 54.4 Å². The lowest BCUT2D eigenvalue weighted by molar-refractivity contribution is -0.137. The van der Waals surface area contributed by atoms with Gasteiger partial charge in [0.15, 0.2) is 5.78 Å². The first-order chi connectivity index (χ1) is 8.13. The maximum absolute atomic E-state index is 11.4. The fraction of sp³-hybridized carbons (Fsp3) is 0.385. The van der Waals surface area contributed by atoms with Crippen molar-refractivity contribution in [3.05, 3.63) is 29.8 Å². The van der Waals surface area contributed by atoms with E-state index in [1.807, 2.05) is 31.2 Å². The highest BCUT2D eigenvalue weighted by Gasteiger charge is 2.03. The highest BCUT2D eigenvalue weighted by Crippen LogP contribution is 2.20. The molecule has 0 radical (unpaired) electrons. The molecule has 0 aliphatic heterocycles. The van der Waals surface area contributed by atoms with E-state index in [0.717, 1.165) is 16.2 Å². The van der Waals surface area contributed by atoms with Gasteiger partial charge in [0.1, 0.15) is 0 Å². The van der Waals surface area contributed by atoms with Crippen molar-refractivity contribution in [2.24, 2.45) is 0 Å². The standard InChI is InChI=1S/C13H16O3S/c1-2-12(14)10-5-7-11(8-6-10)17-9-3-4-13(15)16/h5-8H,2-4,9H2,1H3,(H,15,16). The average Bonchev–Trinajstić information content (AvgIpc) is 2.34. The Labute approximate surface area is 105 Å². The Kier molecular flexibility index (Phi) is 5.77. The van der Waals surface area contributed by atoms with Crippen molar-refractivity contribution in [3.63, 3.8) is 0 Å². The first kappa shape index (κ1) is 13.8. The molecule has 0 saturated heterocycles. The lowest BCUT2D eigenvalue weighted by Crippen LogP contribution is -1.96. The summed E-state index contributed by atoms with van der Waals surface area (Å²) in [5.74, 6) is 0.176. The van der Waals surface area contributed by atoms with Gasteiger partial charge in [-0.25, -0.2) is 0 Å². The number of ketones is 1. The van der Waals surface area contributed by atoms with E-state index in [0.29, 0.717) is 12.8 Å². The Hall–Kier alpha value is -1.29. The second-order valence-electron chi connectivity index (χ2n) is 3.65. The molecule has 0 fully saturated rings. The zero-order valence-electron chi connectivity index (χ0n) is 9.81. The number of carboxylic acid groups (broad SMARTS) is 1. The summed E-state index contributed by atoms with van der Waals surface area (Å²) in [4.78, 5) is 22.8. The molecule has 92 valence electrons. The highest BCUT2D eigenvalue weighted by molar-refractivity contribution is 7.99. The molecule has 0 aliphatic rings. The van der Waals surface area contributed by atoms with Crippen LogP contribution >= 0.6 is 11.8 Å². The Bertz CT molecular complexity index is 384. The summed E-state index contributed by atoms with van der Waals surface area (Å²) in [7, 11) is 0. The fourth-order valence-corrected chi connectivity index (χ4v) is 2.21. The molecular weight excluding hydrogens is 236 g/mol. The van der Waals surface area contributed by atoms with Crippen molar-refractivity contribution in [2.45, 2.75) is 31.1 Å². The number of hydrogen-bond acceptors (Lipinski definition) is 3. The third-order valence-corrected chi connectivity index (χ3v) is 3.40. The summed E-state index contributed by atoms with van der Waals surface area (Å²) >= 11 is 1.62. The molecule has 0 bridgehead atoms. The van der Waals surface area contributed by atoms with Crippen LogP contribution in [0.1, 0.15) is 36.5 Å². The first-order valence-electron chi connectivity index (χ1n) is 5.61. The van der Waals surface area contributed by atoms with Crippen molar-refractivity contribution in [2.75, 3.05) is 5.75 Å². The number of thioether (sulfide) groups is 1. The van der Waals surface area contributed by atoms with Gasteiger partial charge in [-0.05, 0) is 24.3 Å². The number of Topliss-reactive ketones (excluding diaryl/α,β-unsaturated/α-hetero) is 1. The summed E-state index contributed by atoms with van der Waals surface area (Å²) in [6.07, 6.45) is 1.39. The summed E-state index contributed by atoms with van der Waals surface area (Å²) < 4.78 is 0. The average molecular weight is 252 g/mol. The second kappa shape index (κ2) is 7.12. The second-order valence-corrected chi connectivity index (χ2v) is 4.82. The Morgan fingerprint density at radius 2 is 1.88 bits per heavy atom. The minimum atomic E-state index is -0.755. The van der Waals surface area contributed by atoms with Crippen LogP contribution in [-0.4, -0.2) is 22.6 Å². The van der Waals surface area contributed by atoms with Gasteiger partial charge in [0.25, 0.3) is 0 Å². The van der Waals surface area contributed by atoms with Gasteiger partial charge in [-0.3, -0.25) is 9.59 Å². The van der Waals surface area contributed by atoms with Gasteiger partial charge in [-0.15, -0.1) is 11.8 Å². The third kappa shape index (κ3) is 5.04. The summed E-state index contributed by atoms with van der Waals surface area (Å²) in [5, 5.41) is 8.49. The Morgan fingerprint density at radius 3 is 2.41 bits per heavy atom. The highest BCUT2D eigenvalue weighted by atomic mass is 32.2. The molecule has 0 aliphatic carbocycles. The molecule has 0 unspecified atom stereocenters. The van der Waals surface area contributed by atoms with Crippen LogP contribution < -0.4 is 0 Å². The molecule has 0 atom stereocenters. The minimum Gasteiger partial charge on any atom is -0.481 e. The van der Waals surface area contributed by atoms with E-state index in [1.54, 1.807) is 11.8 Å². The molecule has 0 aromatic heterocycles. The van der Waals surface area contributed by atoms with E-state index in [4.69, 9.17) is 5.11 Å². The normalized spacial score (nSPS) is 10.2. The van der Waals surface area contributed by atoms with Crippen molar-refractivity contribution >= 4 is 23.5 Å².